The van der Waals surface area contributed by atoms with Crippen LogP contribution in [0, 0.1) is 0 Å². The Morgan fingerprint density at radius 3 is 2.41 bits per heavy atom. The van der Waals surface area contributed by atoms with Gasteiger partial charge in [-0.3, -0.25) is 4.79 Å². The second-order valence-corrected chi connectivity index (χ2v) is 3.60. The van der Waals surface area contributed by atoms with E-state index in [0.29, 0.717) is 0 Å². The summed E-state index contributed by atoms with van der Waals surface area (Å²) in [6.07, 6.45) is -8.53. The normalized spacial score (nSPS) is 34.1. The van der Waals surface area contributed by atoms with E-state index in [4.69, 9.17) is 13.0 Å². The number of carbonyl (C=O) groups excluding carboxylic acids is 1. The van der Waals surface area contributed by atoms with E-state index in [1.165, 1.54) is 0 Å². The molecule has 1 saturated heterocycles. The summed E-state index contributed by atoms with van der Waals surface area (Å²) in [5.41, 5.74) is 0. The molecule has 1 heterocycles. The second kappa shape index (κ2) is 4.81. The molecule has 1 rings (SSSR count). The molecule has 4 nitrogen and oxygen atoms in total. The molecule has 0 unspecified atom stereocenters. The Kier molecular flexibility index (Phi) is 4.03. The Hall–Kier alpha value is -0.825. The van der Waals surface area contributed by atoms with Gasteiger partial charge in [0.25, 0.3) is 0 Å². The quantitative estimate of drug-likeness (QED) is 0.539. The van der Waals surface area contributed by atoms with Crippen molar-refractivity contribution in [3.63, 3.8) is 0 Å². The first-order chi connectivity index (χ1) is 7.75. The predicted molar refractivity (Wildman–Crippen MR) is 49.0 cm³/mol. The third-order valence-electron chi connectivity index (χ3n) is 2.63. The zero-order valence-corrected chi connectivity index (χ0v) is 8.82. The number of halogens is 4. The number of hydrogen-bond acceptors (Lipinski definition) is 3. The van der Waals surface area contributed by atoms with Gasteiger partial charge < -0.3 is 14.7 Å². The lowest BCUT2D eigenvalue weighted by Gasteiger charge is -2.28. The first kappa shape index (κ1) is 14.2. The third kappa shape index (κ3) is 2.39. The van der Waals surface area contributed by atoms with Crippen LogP contribution < -0.4 is 0 Å². The van der Waals surface area contributed by atoms with Gasteiger partial charge in [-0.1, -0.05) is 0 Å². The fourth-order valence-electron chi connectivity index (χ4n) is 1.83. The lowest BCUT2D eigenvalue weighted by atomic mass is 9.91. The van der Waals surface area contributed by atoms with Crippen molar-refractivity contribution in [1.82, 2.24) is 4.90 Å². The van der Waals surface area contributed by atoms with Crippen LogP contribution in [0.3, 0.4) is 0 Å². The van der Waals surface area contributed by atoms with Gasteiger partial charge in [0.05, 0.1) is 12.6 Å². The number of likely N-dealkylation sites (tertiary alicyclic amines) is 1. The van der Waals surface area contributed by atoms with Crippen LogP contribution in [0.5, 0.6) is 0 Å². The summed E-state index contributed by atoms with van der Waals surface area (Å²) in [5, 5.41) is 8.84. The zero-order chi connectivity index (χ0) is 13.4. The molecule has 1 N–H and O–H groups in total. The maximum Gasteiger partial charge on any atom is 0.471 e. The lowest BCUT2D eigenvalue weighted by molar-refractivity contribution is -0.188. The van der Waals surface area contributed by atoms with Gasteiger partial charge in [0, 0.05) is 13.1 Å². The number of nitrogens with zero attached hydrogens (tertiary/aromatic N) is 1. The smallest absolute Gasteiger partial charge is 0.394 e. The first-order valence-corrected chi connectivity index (χ1v) is 4.68. The summed E-state index contributed by atoms with van der Waals surface area (Å²) in [5.74, 6) is -3.87. The first-order valence-electron chi connectivity index (χ1n) is 4.68. The molecule has 1 fully saturated rings. The van der Waals surface area contributed by atoms with Crippen LogP contribution in [-0.2, 0) is 9.53 Å². The molecule has 1 aliphatic heterocycles. The van der Waals surface area contributed by atoms with Crippen molar-refractivity contribution >= 4 is 13.8 Å². The number of methoxy groups -OCH3 is 1. The van der Waals surface area contributed by atoms with Crippen LogP contribution >= 0.6 is 0 Å². The second-order valence-electron chi connectivity index (χ2n) is 3.60. The average molecular weight is 255 g/mol. The predicted octanol–water partition coefficient (Wildman–Crippen LogP) is -0.401. The van der Waals surface area contributed by atoms with Gasteiger partial charge in [-0.2, -0.15) is 13.2 Å². The monoisotopic (exact) mass is 255 g/mol. The van der Waals surface area contributed by atoms with E-state index in [2.05, 4.69) is 4.74 Å². The van der Waals surface area contributed by atoms with E-state index in [9.17, 15) is 22.4 Å². The van der Waals surface area contributed by atoms with Crippen molar-refractivity contribution in [2.75, 3.05) is 13.7 Å². The fraction of sp³-hybridized carbons (Fsp3) is 0.875. The lowest BCUT2D eigenvalue weighted by Crippen LogP contribution is -2.51. The standard InChI is InChI=1S/C8H10BF4NO3/c1-17-5-4(10)3(2-15)14(6(5)9)7(16)8(11,12)13/h3-6,15H,2H2,1H3/t3-,4-,5-,6-/m1/s1. The molecule has 0 aromatic carbocycles. The molecular weight excluding hydrogens is 245 g/mol. The average Bonchev–Trinajstić information content (AvgIpc) is 2.47. The molecule has 9 heteroatoms. The summed E-state index contributed by atoms with van der Waals surface area (Å²) < 4.78 is 54.9. The number of carbonyl (C=O) groups is 1. The molecule has 0 aromatic rings. The minimum atomic E-state index is -5.17. The van der Waals surface area contributed by atoms with E-state index in [1.807, 2.05) is 0 Å². The Morgan fingerprint density at radius 2 is 2.06 bits per heavy atom. The highest BCUT2D eigenvalue weighted by atomic mass is 19.4. The SMILES string of the molecule is [B][C@H]1[C@H](OC)[C@H](F)[C@@H](CO)N1C(=O)C(F)(F)F. The number of amides is 1. The minimum Gasteiger partial charge on any atom is -0.394 e. The number of rotatable bonds is 2. The van der Waals surface area contributed by atoms with Gasteiger partial charge in [-0.15, -0.1) is 0 Å². The summed E-state index contributed by atoms with van der Waals surface area (Å²) in [4.78, 5) is 11.1. The van der Waals surface area contributed by atoms with E-state index in [-0.39, 0.29) is 4.90 Å². The van der Waals surface area contributed by atoms with Crippen molar-refractivity contribution in [1.29, 1.82) is 0 Å². The number of hydrogen-bond donors (Lipinski definition) is 1. The van der Waals surface area contributed by atoms with Crippen molar-refractivity contribution in [3.8, 4) is 0 Å². The molecule has 0 spiro atoms. The van der Waals surface area contributed by atoms with Crippen LogP contribution in [0.15, 0.2) is 0 Å². The highest BCUT2D eigenvalue weighted by Crippen LogP contribution is 2.32. The van der Waals surface area contributed by atoms with Crippen molar-refractivity contribution in [2.45, 2.75) is 30.4 Å². The van der Waals surface area contributed by atoms with E-state index < -0.39 is 42.9 Å². The van der Waals surface area contributed by atoms with Gasteiger partial charge in [0.15, 0.2) is 0 Å². The summed E-state index contributed by atoms with van der Waals surface area (Å²) >= 11 is 0. The molecule has 0 aromatic heterocycles. The van der Waals surface area contributed by atoms with Crippen LogP contribution in [0.2, 0.25) is 0 Å². The Balaban J connectivity index is 3.01. The van der Waals surface area contributed by atoms with Crippen molar-refractivity contribution in [3.05, 3.63) is 0 Å². The third-order valence-corrected chi connectivity index (χ3v) is 2.63. The van der Waals surface area contributed by atoms with Gasteiger partial charge in [-0.05, 0) is 0 Å². The highest BCUT2D eigenvalue weighted by Gasteiger charge is 2.55. The zero-order valence-electron chi connectivity index (χ0n) is 8.82. The highest BCUT2D eigenvalue weighted by molar-refractivity contribution is 6.14. The fourth-order valence-corrected chi connectivity index (χ4v) is 1.83. The van der Waals surface area contributed by atoms with Crippen molar-refractivity contribution in [2.24, 2.45) is 0 Å². The molecule has 1 aliphatic rings. The van der Waals surface area contributed by atoms with Gasteiger partial charge in [0.1, 0.15) is 20.1 Å². The van der Waals surface area contributed by atoms with E-state index >= 15 is 0 Å². The maximum absolute atomic E-state index is 13.6. The van der Waals surface area contributed by atoms with Crippen LogP contribution in [-0.4, -0.2) is 67.9 Å². The molecule has 4 atom stereocenters. The summed E-state index contributed by atoms with van der Waals surface area (Å²) in [6, 6.07) is -1.65. The number of ether oxygens (including phenoxy) is 1. The van der Waals surface area contributed by atoms with E-state index in [0.717, 1.165) is 7.11 Å². The number of aliphatic hydroxyl groups is 1. The molecule has 96 valence electrons. The Bertz CT molecular complexity index is 301. The molecule has 0 bridgehead atoms. The van der Waals surface area contributed by atoms with E-state index in [1.54, 1.807) is 0 Å². The van der Waals surface area contributed by atoms with Crippen LogP contribution in [0.1, 0.15) is 0 Å². The van der Waals surface area contributed by atoms with Gasteiger partial charge in [-0.25, -0.2) is 4.39 Å². The molecule has 17 heavy (non-hydrogen) atoms. The largest absolute Gasteiger partial charge is 0.471 e. The summed E-state index contributed by atoms with van der Waals surface area (Å²) in [7, 11) is 6.38. The van der Waals surface area contributed by atoms with Crippen LogP contribution in [0.25, 0.3) is 0 Å². The molecule has 0 saturated carbocycles. The van der Waals surface area contributed by atoms with Gasteiger partial charge in [0.2, 0.25) is 0 Å². The number of aliphatic hydroxyl groups excluding tert-OH is 1. The Labute approximate surface area is 95.9 Å². The Morgan fingerprint density at radius 1 is 1.53 bits per heavy atom. The molecule has 1 amide bonds. The minimum absolute atomic E-state index is 0.0822. The number of alkyl halides is 4. The van der Waals surface area contributed by atoms with Crippen molar-refractivity contribution < 1.29 is 32.2 Å². The molecule has 0 aliphatic carbocycles. The topological polar surface area (TPSA) is 49.8 Å². The maximum atomic E-state index is 13.6. The van der Waals surface area contributed by atoms with Crippen LogP contribution in [0.4, 0.5) is 17.6 Å². The van der Waals surface area contributed by atoms with Gasteiger partial charge >= 0.3 is 12.1 Å². The molecular formula is C8H10BF4NO3. The molecule has 2 radical (unpaired) electrons. The summed E-state index contributed by atoms with van der Waals surface area (Å²) in [6.45, 7) is -0.962.